The number of carbonyl (C=O) groups excluding carboxylic acids is 3. The van der Waals surface area contributed by atoms with Crippen LogP contribution in [0.5, 0.6) is 0 Å². The summed E-state index contributed by atoms with van der Waals surface area (Å²) in [5.41, 5.74) is -2.49. The van der Waals surface area contributed by atoms with Gasteiger partial charge in [0.15, 0.2) is 0 Å². The van der Waals surface area contributed by atoms with E-state index in [2.05, 4.69) is 13.8 Å². The minimum atomic E-state index is -1.26. The Hall–Kier alpha value is -1.75. The molecule has 0 aliphatic carbocycles. The molecule has 0 bridgehead atoms. The number of ether oxygens (including phenoxy) is 4. The average Bonchev–Trinajstić information content (AvgIpc) is 2.99. The summed E-state index contributed by atoms with van der Waals surface area (Å²) in [5, 5.41) is 30.3. The van der Waals surface area contributed by atoms with Crippen LogP contribution in [0.1, 0.15) is 117 Å². The smallest absolute Gasteiger partial charge is 0.305 e. The molecule has 0 aromatic carbocycles. The topological polar surface area (TPSA) is 149 Å². The summed E-state index contributed by atoms with van der Waals surface area (Å²) < 4.78 is 22.0. The highest BCUT2D eigenvalue weighted by Gasteiger charge is 2.37. The average molecular weight is 591 g/mol. The number of aliphatic hydroxyl groups excluding tert-OH is 3. The van der Waals surface area contributed by atoms with E-state index in [1.165, 1.54) is 6.42 Å². The van der Waals surface area contributed by atoms with Gasteiger partial charge in [-0.15, -0.1) is 0 Å². The second kappa shape index (κ2) is 24.8. The molecule has 0 saturated carbocycles. The van der Waals surface area contributed by atoms with Crippen LogP contribution in [0.4, 0.5) is 0 Å². The molecule has 0 rings (SSSR count). The molecule has 242 valence electrons. The summed E-state index contributed by atoms with van der Waals surface area (Å²) in [7, 11) is 0. The van der Waals surface area contributed by atoms with E-state index >= 15 is 0 Å². The number of aliphatic hydroxyl groups is 3. The van der Waals surface area contributed by atoms with Gasteiger partial charge in [-0.2, -0.15) is 0 Å². The lowest BCUT2D eigenvalue weighted by Crippen LogP contribution is -2.45. The summed E-state index contributed by atoms with van der Waals surface area (Å²) in [5.74, 6) is -1.23. The third-order valence-electron chi connectivity index (χ3n) is 7.14. The van der Waals surface area contributed by atoms with Crippen LogP contribution in [-0.4, -0.2) is 86.1 Å². The summed E-state index contributed by atoms with van der Waals surface area (Å²) in [4.78, 5) is 36.7. The van der Waals surface area contributed by atoms with Crippen molar-refractivity contribution in [2.75, 3.05) is 52.9 Å². The zero-order valence-electron chi connectivity index (χ0n) is 26.0. The Kier molecular flexibility index (Phi) is 23.8. The predicted molar refractivity (Wildman–Crippen MR) is 156 cm³/mol. The number of unbranched alkanes of at least 4 members (excludes halogenated alkanes) is 9. The lowest BCUT2D eigenvalue weighted by atomic mass is 9.90. The molecule has 0 aliphatic rings. The quantitative estimate of drug-likeness (QED) is 0.0676. The van der Waals surface area contributed by atoms with Crippen molar-refractivity contribution in [3.63, 3.8) is 0 Å². The molecule has 10 nitrogen and oxygen atoms in total. The number of esters is 3. The standard InChI is InChI=1S/C31H58O10/c1-4-7-10-12-13-15-18-29(37)41-26-31(21-34,25-40-27(35)16-9-6-3)23-38-22-30(19-32,20-33)24-39-28(36)17-14-11-8-5-2/h32-34H,4-26H2,1-3H3. The first-order chi connectivity index (χ1) is 19.8. The Morgan fingerprint density at radius 1 is 0.463 bits per heavy atom. The van der Waals surface area contributed by atoms with Crippen LogP contribution in [0.3, 0.4) is 0 Å². The van der Waals surface area contributed by atoms with Gasteiger partial charge in [0.05, 0.1) is 43.9 Å². The molecule has 0 saturated heterocycles. The fraction of sp³-hybridized carbons (Fsp3) is 0.903. The lowest BCUT2D eigenvalue weighted by Gasteiger charge is -2.34. The second-order valence-corrected chi connectivity index (χ2v) is 11.4. The summed E-state index contributed by atoms with van der Waals surface area (Å²) >= 11 is 0. The Morgan fingerprint density at radius 2 is 0.805 bits per heavy atom. The molecule has 0 amide bonds. The highest BCUT2D eigenvalue weighted by molar-refractivity contribution is 5.70. The van der Waals surface area contributed by atoms with Gasteiger partial charge >= 0.3 is 17.9 Å². The van der Waals surface area contributed by atoms with E-state index in [-0.39, 0.29) is 52.3 Å². The van der Waals surface area contributed by atoms with Crippen LogP contribution < -0.4 is 0 Å². The van der Waals surface area contributed by atoms with Crippen LogP contribution in [0.25, 0.3) is 0 Å². The van der Waals surface area contributed by atoms with Crippen molar-refractivity contribution in [3.05, 3.63) is 0 Å². The van der Waals surface area contributed by atoms with Crippen molar-refractivity contribution < 1.29 is 48.7 Å². The van der Waals surface area contributed by atoms with E-state index in [1.54, 1.807) is 0 Å². The molecule has 1 atom stereocenters. The fourth-order valence-electron chi connectivity index (χ4n) is 4.00. The molecular weight excluding hydrogens is 532 g/mol. The van der Waals surface area contributed by atoms with E-state index in [0.717, 1.165) is 51.4 Å². The molecule has 41 heavy (non-hydrogen) atoms. The van der Waals surface area contributed by atoms with Crippen molar-refractivity contribution in [1.82, 2.24) is 0 Å². The largest absolute Gasteiger partial charge is 0.465 e. The van der Waals surface area contributed by atoms with Gasteiger partial charge in [-0.3, -0.25) is 14.4 Å². The van der Waals surface area contributed by atoms with Crippen molar-refractivity contribution >= 4 is 17.9 Å². The summed E-state index contributed by atoms with van der Waals surface area (Å²) in [6, 6.07) is 0. The maximum atomic E-state index is 12.4. The molecule has 3 N–H and O–H groups in total. The maximum Gasteiger partial charge on any atom is 0.305 e. The highest BCUT2D eigenvalue weighted by atomic mass is 16.6. The Bertz CT molecular complexity index is 680. The van der Waals surface area contributed by atoms with Gasteiger partial charge in [0.2, 0.25) is 0 Å². The minimum absolute atomic E-state index is 0.179. The Morgan fingerprint density at radius 3 is 1.24 bits per heavy atom. The van der Waals surface area contributed by atoms with Gasteiger partial charge in [-0.05, 0) is 19.3 Å². The summed E-state index contributed by atoms with van der Waals surface area (Å²) in [6.07, 6.45) is 12.1. The van der Waals surface area contributed by atoms with Gasteiger partial charge < -0.3 is 34.3 Å². The van der Waals surface area contributed by atoms with E-state index < -0.39 is 48.6 Å². The van der Waals surface area contributed by atoms with Crippen molar-refractivity contribution in [3.8, 4) is 0 Å². The predicted octanol–water partition coefficient (Wildman–Crippen LogP) is 4.49. The molecule has 0 radical (unpaired) electrons. The lowest BCUT2D eigenvalue weighted by molar-refractivity contribution is -0.165. The Balaban J connectivity index is 5.11. The second-order valence-electron chi connectivity index (χ2n) is 11.4. The summed E-state index contributed by atoms with van der Waals surface area (Å²) in [6.45, 7) is 3.63. The van der Waals surface area contributed by atoms with E-state index in [9.17, 15) is 29.7 Å². The van der Waals surface area contributed by atoms with Crippen molar-refractivity contribution in [2.45, 2.75) is 117 Å². The first-order valence-electron chi connectivity index (χ1n) is 15.6. The molecule has 0 aromatic rings. The van der Waals surface area contributed by atoms with Gasteiger partial charge in [0.25, 0.3) is 0 Å². The molecule has 0 aromatic heterocycles. The molecule has 10 heteroatoms. The van der Waals surface area contributed by atoms with E-state index in [1.807, 2.05) is 6.92 Å². The van der Waals surface area contributed by atoms with Crippen LogP contribution in [0.2, 0.25) is 0 Å². The highest BCUT2D eigenvalue weighted by Crippen LogP contribution is 2.24. The van der Waals surface area contributed by atoms with Crippen LogP contribution in [0.15, 0.2) is 0 Å². The first-order valence-corrected chi connectivity index (χ1v) is 15.6. The molecule has 0 spiro atoms. The van der Waals surface area contributed by atoms with E-state index in [4.69, 9.17) is 18.9 Å². The van der Waals surface area contributed by atoms with Crippen LogP contribution in [-0.2, 0) is 33.3 Å². The fourth-order valence-corrected chi connectivity index (χ4v) is 4.00. The molecule has 0 heterocycles. The normalized spacial score (nSPS) is 13.0. The van der Waals surface area contributed by atoms with Gasteiger partial charge in [-0.1, -0.05) is 78.6 Å². The van der Waals surface area contributed by atoms with Gasteiger partial charge in [0, 0.05) is 19.3 Å². The SMILES string of the molecule is CCCCCCCCC(=O)OCC(CO)(COCC(CO)(CO)COC(=O)CCCCCC)COC(=O)CCCC. The maximum absolute atomic E-state index is 12.4. The molecule has 0 aliphatic heterocycles. The van der Waals surface area contributed by atoms with Crippen molar-refractivity contribution in [2.24, 2.45) is 10.8 Å². The number of carbonyl (C=O) groups is 3. The zero-order valence-corrected chi connectivity index (χ0v) is 26.0. The zero-order chi connectivity index (χ0) is 30.8. The van der Waals surface area contributed by atoms with Gasteiger partial charge in [0.1, 0.15) is 19.8 Å². The molecule has 1 unspecified atom stereocenters. The van der Waals surface area contributed by atoms with E-state index in [0.29, 0.717) is 19.3 Å². The third-order valence-corrected chi connectivity index (χ3v) is 7.14. The number of rotatable bonds is 28. The van der Waals surface area contributed by atoms with Crippen molar-refractivity contribution in [1.29, 1.82) is 0 Å². The molecule has 0 fully saturated rings. The van der Waals surface area contributed by atoms with Gasteiger partial charge in [-0.25, -0.2) is 0 Å². The number of hydrogen-bond donors (Lipinski definition) is 3. The first kappa shape index (κ1) is 39.2. The monoisotopic (exact) mass is 590 g/mol. The Labute approximate surface area is 247 Å². The number of hydrogen-bond acceptors (Lipinski definition) is 10. The minimum Gasteiger partial charge on any atom is -0.465 e. The van der Waals surface area contributed by atoms with Crippen LogP contribution in [0, 0.1) is 10.8 Å². The van der Waals surface area contributed by atoms with Crippen LogP contribution >= 0.6 is 0 Å². The molecular formula is C31H58O10. The third kappa shape index (κ3) is 19.1.